The normalized spacial score (nSPS) is 38.5. The van der Waals surface area contributed by atoms with Gasteiger partial charge in [-0.1, -0.05) is 24.3 Å². The standard InChI is InChI=1S/C28H24N2O10/c1-27-19(17-21(27)25(35)29-23(17)33)13(7-15(31)39-27)37-9-11-3-5-12(6-4-11)10-38-14-8-16(32)40-28(2)20(14)18-22(28)26(36)30-24(18)34/h3-8,17-22H,9-10H2,1-2H3,(H,29,33,35)(H,30,34,36)/t17-,18-,19+,20+,21+,22+,27+,28+/m1/s1. The number of hydrogen-bond donors (Lipinski definition) is 2. The molecule has 4 fully saturated rings. The average Bonchev–Trinajstić information content (AvgIpc) is 3.29. The molecule has 40 heavy (non-hydrogen) atoms. The molecule has 8 atom stereocenters. The summed E-state index contributed by atoms with van der Waals surface area (Å²) in [5.41, 5.74) is -0.702. The van der Waals surface area contributed by atoms with Gasteiger partial charge in [-0.25, -0.2) is 9.59 Å². The van der Waals surface area contributed by atoms with E-state index >= 15 is 0 Å². The van der Waals surface area contributed by atoms with Crippen LogP contribution in [0.3, 0.4) is 0 Å². The van der Waals surface area contributed by atoms with Gasteiger partial charge in [0.1, 0.15) is 35.9 Å². The summed E-state index contributed by atoms with van der Waals surface area (Å²) in [5, 5.41) is 4.62. The van der Waals surface area contributed by atoms with Crippen LogP contribution < -0.4 is 10.6 Å². The molecule has 12 nitrogen and oxygen atoms in total. The number of carbonyl (C=O) groups is 6. The van der Waals surface area contributed by atoms with E-state index < -0.39 is 82.3 Å². The molecule has 2 saturated heterocycles. The number of imide groups is 2. The van der Waals surface area contributed by atoms with Crippen molar-refractivity contribution < 1.29 is 47.7 Å². The molecule has 4 aliphatic heterocycles. The van der Waals surface area contributed by atoms with Gasteiger partial charge in [0.15, 0.2) is 0 Å². The maximum absolute atomic E-state index is 12.3. The molecule has 0 bridgehead atoms. The Kier molecular flexibility index (Phi) is 4.93. The zero-order chi connectivity index (χ0) is 28.1. The lowest BCUT2D eigenvalue weighted by molar-refractivity contribution is -0.213. The van der Waals surface area contributed by atoms with Crippen molar-refractivity contribution in [1.29, 1.82) is 0 Å². The molecule has 2 aliphatic carbocycles. The summed E-state index contributed by atoms with van der Waals surface area (Å²) < 4.78 is 22.8. The van der Waals surface area contributed by atoms with Crippen molar-refractivity contribution in [3.8, 4) is 0 Å². The number of carbonyl (C=O) groups excluding carboxylic acids is 6. The Morgan fingerprint density at radius 2 is 1.00 bits per heavy atom. The third-order valence-corrected chi connectivity index (χ3v) is 9.18. The van der Waals surface area contributed by atoms with Gasteiger partial charge in [0.05, 0.1) is 47.7 Å². The summed E-state index contributed by atoms with van der Waals surface area (Å²) in [6.07, 6.45) is 2.45. The SMILES string of the molecule is C[C@]12OC(=O)C=C(OCc3ccc(COC4=CC(=O)O[C@]5(C)[C@@H]6C(=O)NC(=O)[C@@H]6[C@H]45)cc3)[C@H]1[C@H]1C(=O)NC(=O)[C@H]12. The molecule has 206 valence electrons. The highest BCUT2D eigenvalue weighted by atomic mass is 16.6. The highest BCUT2D eigenvalue weighted by Crippen LogP contribution is 2.60. The Morgan fingerprint density at radius 3 is 1.38 bits per heavy atom. The van der Waals surface area contributed by atoms with Crippen molar-refractivity contribution in [3.05, 3.63) is 59.1 Å². The molecule has 0 spiro atoms. The molecule has 0 unspecified atom stereocenters. The van der Waals surface area contributed by atoms with E-state index in [1.807, 2.05) is 24.3 Å². The van der Waals surface area contributed by atoms with Crippen molar-refractivity contribution in [1.82, 2.24) is 10.6 Å². The molecule has 2 N–H and O–H groups in total. The van der Waals surface area contributed by atoms with E-state index in [0.717, 1.165) is 11.1 Å². The van der Waals surface area contributed by atoms with Gasteiger partial charge in [-0.2, -0.15) is 0 Å². The Balaban J connectivity index is 1.00. The van der Waals surface area contributed by atoms with Gasteiger partial charge in [-0.3, -0.25) is 29.8 Å². The Labute approximate surface area is 227 Å². The van der Waals surface area contributed by atoms with Gasteiger partial charge < -0.3 is 18.9 Å². The predicted molar refractivity (Wildman–Crippen MR) is 128 cm³/mol. The van der Waals surface area contributed by atoms with Crippen LogP contribution >= 0.6 is 0 Å². The molecule has 2 saturated carbocycles. The first-order chi connectivity index (χ1) is 19.0. The van der Waals surface area contributed by atoms with Crippen molar-refractivity contribution in [2.24, 2.45) is 35.5 Å². The maximum Gasteiger partial charge on any atom is 0.334 e. The lowest BCUT2D eigenvalue weighted by Gasteiger charge is -2.54. The van der Waals surface area contributed by atoms with E-state index in [0.29, 0.717) is 11.5 Å². The topological polar surface area (TPSA) is 163 Å². The molecule has 0 aromatic heterocycles. The first-order valence-corrected chi connectivity index (χ1v) is 12.9. The van der Waals surface area contributed by atoms with Gasteiger partial charge in [-0.05, 0) is 25.0 Å². The highest BCUT2D eigenvalue weighted by molar-refractivity contribution is 6.09. The molecule has 1 aromatic carbocycles. The van der Waals surface area contributed by atoms with E-state index in [9.17, 15) is 28.8 Å². The first-order valence-electron chi connectivity index (χ1n) is 12.9. The summed E-state index contributed by atoms with van der Waals surface area (Å²) in [4.78, 5) is 73.3. The number of nitrogens with one attached hydrogen (secondary N) is 2. The third-order valence-electron chi connectivity index (χ3n) is 9.18. The minimum atomic E-state index is -1.13. The molecule has 0 radical (unpaired) electrons. The van der Waals surface area contributed by atoms with Crippen LogP contribution in [0.1, 0.15) is 25.0 Å². The minimum Gasteiger partial charge on any atom is -0.492 e. The second-order valence-electron chi connectivity index (χ2n) is 11.4. The maximum atomic E-state index is 12.3. The Morgan fingerprint density at radius 1 is 0.625 bits per heavy atom. The number of benzene rings is 1. The van der Waals surface area contributed by atoms with Gasteiger partial charge in [0.2, 0.25) is 23.6 Å². The fourth-order valence-electron chi connectivity index (χ4n) is 7.38. The number of ether oxygens (including phenoxy) is 4. The zero-order valence-corrected chi connectivity index (χ0v) is 21.4. The number of fused-ring (bicyclic) bond motifs is 8. The second kappa shape index (κ2) is 8.03. The lowest BCUT2D eigenvalue weighted by atomic mass is 9.53. The third kappa shape index (κ3) is 3.18. The minimum absolute atomic E-state index is 0.114. The van der Waals surface area contributed by atoms with Crippen LogP contribution in [-0.4, -0.2) is 46.8 Å². The molecule has 7 rings (SSSR count). The summed E-state index contributed by atoms with van der Waals surface area (Å²) in [6.45, 7) is 3.52. The number of hydrogen-bond acceptors (Lipinski definition) is 10. The van der Waals surface area contributed by atoms with Gasteiger partial charge in [-0.15, -0.1) is 0 Å². The van der Waals surface area contributed by atoms with E-state index in [4.69, 9.17) is 18.9 Å². The number of rotatable bonds is 6. The number of amides is 4. The van der Waals surface area contributed by atoms with Crippen molar-refractivity contribution in [2.75, 3.05) is 0 Å². The zero-order valence-electron chi connectivity index (χ0n) is 21.4. The van der Waals surface area contributed by atoms with Crippen LogP contribution in [0, 0.1) is 35.5 Å². The van der Waals surface area contributed by atoms with E-state index in [2.05, 4.69) is 10.6 Å². The average molecular weight is 549 g/mol. The van der Waals surface area contributed by atoms with Crippen LogP contribution in [0.2, 0.25) is 0 Å². The van der Waals surface area contributed by atoms with Gasteiger partial charge in [0.25, 0.3) is 0 Å². The first kappa shape index (κ1) is 24.6. The van der Waals surface area contributed by atoms with Crippen LogP contribution in [0.4, 0.5) is 0 Å². The Hall–Kier alpha value is -4.48. The number of esters is 2. The van der Waals surface area contributed by atoms with Crippen molar-refractivity contribution >= 4 is 35.6 Å². The fourth-order valence-corrected chi connectivity index (χ4v) is 7.38. The largest absolute Gasteiger partial charge is 0.492 e. The highest BCUT2D eigenvalue weighted by Gasteiger charge is 2.74. The summed E-state index contributed by atoms with van der Waals surface area (Å²) in [7, 11) is 0. The smallest absolute Gasteiger partial charge is 0.334 e. The molecule has 1 aromatic rings. The Bertz CT molecular complexity index is 1380. The molecule has 4 amide bonds. The molecule has 6 aliphatic rings. The van der Waals surface area contributed by atoms with E-state index in [-0.39, 0.29) is 13.2 Å². The summed E-state index contributed by atoms with van der Waals surface area (Å²) in [6, 6.07) is 7.24. The molecule has 12 heteroatoms. The predicted octanol–water partition coefficient (Wildman–Crippen LogP) is 0.156. The van der Waals surface area contributed by atoms with Crippen LogP contribution in [-0.2, 0) is 60.9 Å². The van der Waals surface area contributed by atoms with Crippen LogP contribution in [0.5, 0.6) is 0 Å². The van der Waals surface area contributed by atoms with E-state index in [1.54, 1.807) is 13.8 Å². The molecular weight excluding hydrogens is 524 g/mol. The van der Waals surface area contributed by atoms with Crippen molar-refractivity contribution in [3.63, 3.8) is 0 Å². The van der Waals surface area contributed by atoms with Gasteiger partial charge >= 0.3 is 11.9 Å². The molecular formula is C28H24N2O10. The summed E-state index contributed by atoms with van der Waals surface area (Å²) in [5.74, 6) is -6.11. The summed E-state index contributed by atoms with van der Waals surface area (Å²) >= 11 is 0. The quantitative estimate of drug-likeness (QED) is 0.370. The fraction of sp³-hybridized carbons (Fsp3) is 0.429. The van der Waals surface area contributed by atoms with Crippen LogP contribution in [0.15, 0.2) is 47.9 Å². The monoisotopic (exact) mass is 548 g/mol. The molecule has 4 heterocycles. The van der Waals surface area contributed by atoms with E-state index in [1.165, 1.54) is 12.2 Å². The van der Waals surface area contributed by atoms with Crippen LogP contribution in [0.25, 0.3) is 0 Å². The van der Waals surface area contributed by atoms with Crippen molar-refractivity contribution in [2.45, 2.75) is 38.3 Å². The lowest BCUT2D eigenvalue weighted by Crippen LogP contribution is -2.66. The second-order valence-corrected chi connectivity index (χ2v) is 11.4. The van der Waals surface area contributed by atoms with Gasteiger partial charge in [0, 0.05) is 0 Å².